The molecule has 2 heterocycles. The Morgan fingerprint density at radius 1 is 1.28 bits per heavy atom. The summed E-state index contributed by atoms with van der Waals surface area (Å²) in [7, 11) is 1.81. The van der Waals surface area contributed by atoms with Crippen LogP contribution in [-0.4, -0.2) is 43.0 Å². The van der Waals surface area contributed by atoms with E-state index < -0.39 is 0 Å². The number of rotatable bonds is 4. The molecule has 0 saturated heterocycles. The summed E-state index contributed by atoms with van der Waals surface area (Å²) in [6, 6.07) is 0.298. The number of nitrogens with zero attached hydrogens (tertiary/aromatic N) is 5. The lowest BCUT2D eigenvalue weighted by atomic mass is 10.1. The Bertz CT molecular complexity index is 706. The number of hydrogen-bond acceptors (Lipinski definition) is 4. The summed E-state index contributed by atoms with van der Waals surface area (Å²) in [5, 5.41) is 15.6. The molecule has 1 N–H and O–H groups in total. The van der Waals surface area contributed by atoms with Gasteiger partial charge in [0.1, 0.15) is 0 Å². The van der Waals surface area contributed by atoms with E-state index in [-0.39, 0.29) is 11.9 Å². The van der Waals surface area contributed by atoms with Crippen molar-refractivity contribution in [2.75, 3.05) is 7.05 Å². The maximum absolute atomic E-state index is 12.8. The molecule has 1 unspecified atom stereocenters. The number of nitrogens with one attached hydrogen (secondary N) is 1. The highest BCUT2D eigenvalue weighted by molar-refractivity contribution is 5.92. The molecule has 0 spiro atoms. The lowest BCUT2D eigenvalue weighted by Gasteiger charge is -2.24. The van der Waals surface area contributed by atoms with Crippen molar-refractivity contribution in [2.24, 2.45) is 0 Å². The van der Waals surface area contributed by atoms with Gasteiger partial charge in [-0.1, -0.05) is 30.9 Å². The largest absolute Gasteiger partial charge is 0.333 e. The van der Waals surface area contributed by atoms with E-state index in [1.807, 2.05) is 38.7 Å². The van der Waals surface area contributed by atoms with Crippen molar-refractivity contribution in [3.8, 4) is 0 Å². The summed E-state index contributed by atoms with van der Waals surface area (Å²) < 4.78 is 1.89. The summed E-state index contributed by atoms with van der Waals surface area (Å²) in [4.78, 5) is 14.6. The van der Waals surface area contributed by atoms with E-state index >= 15 is 0 Å². The highest BCUT2D eigenvalue weighted by Crippen LogP contribution is 2.27. The molecule has 136 valence electrons. The van der Waals surface area contributed by atoms with Crippen LogP contribution in [0.1, 0.15) is 85.0 Å². The van der Waals surface area contributed by atoms with Gasteiger partial charge in [0.25, 0.3) is 5.91 Å². The van der Waals surface area contributed by atoms with Gasteiger partial charge in [0, 0.05) is 18.3 Å². The van der Waals surface area contributed by atoms with Gasteiger partial charge >= 0.3 is 0 Å². The maximum atomic E-state index is 12.8. The van der Waals surface area contributed by atoms with Gasteiger partial charge in [-0.15, -0.1) is 5.10 Å². The number of carbonyl (C=O) groups excluding carboxylic acids is 1. The number of H-pyrrole nitrogens is 1. The lowest BCUT2D eigenvalue weighted by molar-refractivity contribution is 0.0736. The summed E-state index contributed by atoms with van der Waals surface area (Å²) in [5.74, 6) is -0.104. The molecule has 0 bridgehead atoms. The molecule has 1 saturated carbocycles. The van der Waals surface area contributed by atoms with Gasteiger partial charge < -0.3 is 4.90 Å². The number of amides is 1. The molecule has 0 radical (unpaired) electrons. The van der Waals surface area contributed by atoms with Crippen LogP contribution in [-0.2, 0) is 0 Å². The second kappa shape index (κ2) is 7.37. The first-order chi connectivity index (χ1) is 12.0. The molecule has 7 nitrogen and oxygen atoms in total. The summed E-state index contributed by atoms with van der Waals surface area (Å²) in [6.07, 6.45) is 9.10. The van der Waals surface area contributed by atoms with Gasteiger partial charge in [-0.3, -0.25) is 9.89 Å². The summed E-state index contributed by atoms with van der Waals surface area (Å²) in [5.41, 5.74) is 3.39. The van der Waals surface area contributed by atoms with Crippen LogP contribution in [0.3, 0.4) is 0 Å². The van der Waals surface area contributed by atoms with Crippen LogP contribution in [0.15, 0.2) is 6.20 Å². The minimum atomic E-state index is -0.104. The highest BCUT2D eigenvalue weighted by atomic mass is 16.2. The molecule has 2 aromatic heterocycles. The zero-order valence-corrected chi connectivity index (χ0v) is 15.6. The minimum Gasteiger partial charge on any atom is -0.333 e. The second-order valence-corrected chi connectivity index (χ2v) is 7.17. The molecule has 7 heteroatoms. The molecule has 2 aromatic rings. The predicted molar refractivity (Wildman–Crippen MR) is 95.3 cm³/mol. The van der Waals surface area contributed by atoms with Crippen LogP contribution in [0.5, 0.6) is 0 Å². The van der Waals surface area contributed by atoms with E-state index in [4.69, 9.17) is 0 Å². The Labute approximate surface area is 148 Å². The average Bonchev–Trinajstić information content (AvgIpc) is 3.11. The highest BCUT2D eigenvalue weighted by Gasteiger charge is 2.26. The fraction of sp³-hybridized carbons (Fsp3) is 0.667. The minimum absolute atomic E-state index is 0.0747. The van der Waals surface area contributed by atoms with E-state index in [9.17, 15) is 4.79 Å². The lowest BCUT2D eigenvalue weighted by Crippen LogP contribution is -2.30. The van der Waals surface area contributed by atoms with Gasteiger partial charge in [-0.2, -0.15) is 5.10 Å². The van der Waals surface area contributed by atoms with E-state index in [0.29, 0.717) is 11.7 Å². The first-order valence-corrected chi connectivity index (χ1v) is 9.19. The van der Waals surface area contributed by atoms with Crippen molar-refractivity contribution < 1.29 is 4.79 Å². The molecule has 25 heavy (non-hydrogen) atoms. The Hall–Kier alpha value is -2.18. The quantitative estimate of drug-likeness (QED) is 0.863. The van der Waals surface area contributed by atoms with Gasteiger partial charge in [0.2, 0.25) is 0 Å². The molecular formula is C18H28N6O. The molecular weight excluding hydrogens is 316 g/mol. The van der Waals surface area contributed by atoms with E-state index in [1.54, 1.807) is 4.90 Å². The summed E-state index contributed by atoms with van der Waals surface area (Å²) >= 11 is 0. The van der Waals surface area contributed by atoms with Crippen LogP contribution in [0, 0.1) is 13.8 Å². The first-order valence-electron chi connectivity index (χ1n) is 9.19. The smallest absolute Gasteiger partial charge is 0.276 e. The third-order valence-corrected chi connectivity index (χ3v) is 5.43. The topological polar surface area (TPSA) is 79.7 Å². The van der Waals surface area contributed by atoms with Gasteiger partial charge in [0.15, 0.2) is 5.69 Å². The molecule has 0 aliphatic heterocycles. The fourth-order valence-electron chi connectivity index (χ4n) is 3.80. The van der Waals surface area contributed by atoms with Crippen molar-refractivity contribution in [1.29, 1.82) is 0 Å². The van der Waals surface area contributed by atoms with Crippen molar-refractivity contribution in [1.82, 2.24) is 30.1 Å². The van der Waals surface area contributed by atoms with Gasteiger partial charge in [-0.25, -0.2) is 4.68 Å². The molecule has 1 amide bonds. The molecule has 1 aliphatic carbocycles. The van der Waals surface area contributed by atoms with Crippen LogP contribution in [0.4, 0.5) is 0 Å². The number of carbonyl (C=O) groups is 1. The third kappa shape index (κ3) is 3.60. The van der Waals surface area contributed by atoms with Crippen molar-refractivity contribution in [2.45, 2.75) is 71.4 Å². The third-order valence-electron chi connectivity index (χ3n) is 5.43. The standard InChI is InChI=1S/C18H28N6O/c1-12-17(13(2)20-19-12)14(3)23(4)18(25)16-11-24(22-21-16)15-9-7-5-6-8-10-15/h11,14-15H,5-10H2,1-4H3,(H,19,20). The Balaban J connectivity index is 1.74. The van der Waals surface area contributed by atoms with Crippen LogP contribution in [0.2, 0.25) is 0 Å². The Kier molecular flexibility index (Phi) is 5.20. The Morgan fingerprint density at radius 2 is 1.96 bits per heavy atom. The van der Waals surface area contributed by atoms with Crippen molar-refractivity contribution in [3.63, 3.8) is 0 Å². The van der Waals surface area contributed by atoms with Crippen LogP contribution >= 0.6 is 0 Å². The normalized spacial score (nSPS) is 17.3. The molecule has 0 aromatic carbocycles. The van der Waals surface area contributed by atoms with Gasteiger partial charge in [-0.05, 0) is 33.6 Å². The molecule has 3 rings (SSSR count). The first kappa shape index (κ1) is 17.6. The average molecular weight is 344 g/mol. The number of hydrogen-bond donors (Lipinski definition) is 1. The predicted octanol–water partition coefficient (Wildman–Crippen LogP) is 3.35. The van der Waals surface area contributed by atoms with Gasteiger partial charge in [0.05, 0.1) is 24.0 Å². The molecule has 1 atom stereocenters. The number of aromatic amines is 1. The number of aryl methyl sites for hydroxylation is 2. The number of aromatic nitrogens is 5. The monoisotopic (exact) mass is 344 g/mol. The SMILES string of the molecule is Cc1n[nH]c(C)c1C(C)N(C)C(=O)c1cn(C2CCCCCC2)nn1. The van der Waals surface area contributed by atoms with Crippen molar-refractivity contribution in [3.05, 3.63) is 28.8 Å². The zero-order valence-electron chi connectivity index (χ0n) is 15.6. The summed E-state index contributed by atoms with van der Waals surface area (Å²) in [6.45, 7) is 5.95. The maximum Gasteiger partial charge on any atom is 0.276 e. The Morgan fingerprint density at radius 3 is 2.56 bits per heavy atom. The van der Waals surface area contributed by atoms with Crippen LogP contribution < -0.4 is 0 Å². The zero-order chi connectivity index (χ0) is 18.0. The molecule has 1 fully saturated rings. The second-order valence-electron chi connectivity index (χ2n) is 7.17. The van der Waals surface area contributed by atoms with E-state index in [1.165, 1.54) is 25.7 Å². The van der Waals surface area contributed by atoms with Crippen molar-refractivity contribution >= 4 is 5.91 Å². The molecule has 1 aliphatic rings. The van der Waals surface area contributed by atoms with E-state index in [0.717, 1.165) is 29.8 Å². The van der Waals surface area contributed by atoms with E-state index in [2.05, 4.69) is 20.5 Å². The fourth-order valence-corrected chi connectivity index (χ4v) is 3.80. The van der Waals surface area contributed by atoms with Crippen LogP contribution in [0.25, 0.3) is 0 Å².